The van der Waals surface area contributed by atoms with E-state index in [9.17, 15) is 4.79 Å². The van der Waals surface area contributed by atoms with Crippen molar-refractivity contribution in [1.29, 1.82) is 0 Å². The fourth-order valence-corrected chi connectivity index (χ4v) is 3.98. The molecule has 31 heavy (non-hydrogen) atoms. The van der Waals surface area contributed by atoms with Gasteiger partial charge in [-0.05, 0) is 38.2 Å². The minimum absolute atomic E-state index is 0.105. The summed E-state index contributed by atoms with van der Waals surface area (Å²) in [7, 11) is 0. The van der Waals surface area contributed by atoms with E-state index in [-0.39, 0.29) is 11.8 Å². The third-order valence-electron chi connectivity index (χ3n) is 5.74. The number of unbranched alkanes of at least 4 members (excludes halogenated alkanes) is 3. The number of hydrogen-bond acceptors (Lipinski definition) is 4. The van der Waals surface area contributed by atoms with Crippen LogP contribution in [0.15, 0.2) is 23.3 Å². The lowest BCUT2D eigenvalue weighted by Gasteiger charge is -2.33. The third-order valence-corrected chi connectivity index (χ3v) is 5.74. The number of nitrogens with one attached hydrogen (secondary N) is 2. The van der Waals surface area contributed by atoms with Crippen LogP contribution < -0.4 is 21.3 Å². The predicted octanol–water partition coefficient (Wildman–Crippen LogP) is 3.44. The Bertz CT molecular complexity index is 690. The van der Waals surface area contributed by atoms with Gasteiger partial charge in [-0.3, -0.25) is 4.79 Å². The topological polar surface area (TPSA) is 95.6 Å². The molecule has 1 aliphatic heterocycles. The first-order valence-corrected chi connectivity index (χ1v) is 12.0. The number of carbonyl (C=O) groups excluding carboxylic acids is 1. The third kappa shape index (κ3) is 9.15. The highest BCUT2D eigenvalue weighted by atomic mass is 16.1. The number of hydrogen-bond donors (Lipinski definition) is 3. The molecule has 2 rings (SSSR count). The number of aromatic nitrogens is 1. The van der Waals surface area contributed by atoms with E-state index in [4.69, 9.17) is 10.7 Å². The number of rotatable bonds is 12. The molecular formula is C24H42N6O. The Hall–Kier alpha value is -2.31. The number of anilines is 1. The minimum Gasteiger partial charge on any atom is -0.369 e. The Labute approximate surface area is 188 Å². The fourth-order valence-electron chi connectivity index (χ4n) is 3.98. The van der Waals surface area contributed by atoms with Crippen LogP contribution >= 0.6 is 0 Å². The molecule has 1 atom stereocenters. The summed E-state index contributed by atoms with van der Waals surface area (Å²) in [6.07, 6.45) is 9.97. The fraction of sp³-hybridized carbons (Fsp3) is 0.708. The summed E-state index contributed by atoms with van der Waals surface area (Å²) in [4.78, 5) is 23.2. The van der Waals surface area contributed by atoms with Crippen molar-refractivity contribution in [2.75, 3.05) is 31.1 Å². The average Bonchev–Trinajstić information content (AvgIpc) is 2.76. The van der Waals surface area contributed by atoms with E-state index in [0.29, 0.717) is 13.1 Å². The van der Waals surface area contributed by atoms with Crippen LogP contribution in [0.2, 0.25) is 0 Å². The Morgan fingerprint density at radius 1 is 1.29 bits per heavy atom. The van der Waals surface area contributed by atoms with Gasteiger partial charge in [0.2, 0.25) is 5.91 Å². The number of piperidine rings is 1. The van der Waals surface area contributed by atoms with Gasteiger partial charge in [-0.1, -0.05) is 45.6 Å². The summed E-state index contributed by atoms with van der Waals surface area (Å²) in [5.41, 5.74) is 6.62. The second-order valence-electron chi connectivity index (χ2n) is 8.89. The van der Waals surface area contributed by atoms with Crippen molar-refractivity contribution in [1.82, 2.24) is 15.6 Å². The van der Waals surface area contributed by atoms with Crippen LogP contribution in [0, 0.1) is 11.8 Å². The van der Waals surface area contributed by atoms with Crippen LogP contribution in [-0.4, -0.2) is 43.0 Å². The molecule has 0 aromatic carbocycles. The van der Waals surface area contributed by atoms with Gasteiger partial charge >= 0.3 is 0 Å². The van der Waals surface area contributed by atoms with E-state index < -0.39 is 0 Å². The normalized spacial score (nSPS) is 17.1. The second kappa shape index (κ2) is 13.9. The summed E-state index contributed by atoms with van der Waals surface area (Å²) >= 11 is 0. The van der Waals surface area contributed by atoms with Crippen LogP contribution in [0.1, 0.15) is 71.3 Å². The van der Waals surface area contributed by atoms with Crippen LogP contribution in [0.25, 0.3) is 0 Å². The van der Waals surface area contributed by atoms with Gasteiger partial charge in [-0.15, -0.1) is 0 Å². The number of nitrogens with two attached hydrogens (primary N) is 1. The molecule has 0 saturated carbocycles. The van der Waals surface area contributed by atoms with Crippen LogP contribution in [0.5, 0.6) is 0 Å². The smallest absolute Gasteiger partial charge is 0.222 e. The molecule has 0 spiro atoms. The number of primary amides is 1. The predicted molar refractivity (Wildman–Crippen MR) is 129 cm³/mol. The van der Waals surface area contributed by atoms with Crippen molar-refractivity contribution >= 4 is 17.7 Å². The first-order chi connectivity index (χ1) is 15.0. The first-order valence-electron chi connectivity index (χ1n) is 12.0. The molecule has 0 radical (unpaired) electrons. The molecule has 2 heterocycles. The van der Waals surface area contributed by atoms with E-state index in [2.05, 4.69) is 47.4 Å². The van der Waals surface area contributed by atoms with E-state index in [1.165, 1.54) is 25.7 Å². The Kier molecular flexibility index (Phi) is 11.2. The molecule has 1 aromatic heterocycles. The van der Waals surface area contributed by atoms with Crippen molar-refractivity contribution in [2.45, 2.75) is 72.3 Å². The summed E-state index contributed by atoms with van der Waals surface area (Å²) < 4.78 is 0. The van der Waals surface area contributed by atoms with Gasteiger partial charge in [0.15, 0.2) is 5.96 Å². The molecule has 1 aliphatic rings. The molecule has 1 saturated heterocycles. The van der Waals surface area contributed by atoms with Gasteiger partial charge < -0.3 is 21.3 Å². The van der Waals surface area contributed by atoms with Crippen molar-refractivity contribution in [3.8, 4) is 0 Å². The highest BCUT2D eigenvalue weighted by molar-refractivity contribution is 5.80. The maximum absolute atomic E-state index is 11.7. The Morgan fingerprint density at radius 2 is 2.10 bits per heavy atom. The van der Waals surface area contributed by atoms with Crippen molar-refractivity contribution < 1.29 is 4.79 Å². The molecule has 0 bridgehead atoms. The van der Waals surface area contributed by atoms with Crippen LogP contribution in [0.4, 0.5) is 5.82 Å². The van der Waals surface area contributed by atoms with Crippen molar-refractivity contribution in [2.24, 2.45) is 22.6 Å². The SMILES string of the molecule is CCNC(=NCc1cccnc1N1CCCC(C(N)=O)C1)NCCCCCCC(C)C. The zero-order valence-electron chi connectivity index (χ0n) is 19.7. The maximum atomic E-state index is 11.7. The standard InChI is InChI=1S/C24H42N6O/c1-4-26-24(28-14-8-6-5-7-11-19(2)3)29-17-20-12-9-15-27-23(20)30-16-10-13-21(18-30)22(25)31/h9,12,15,19,21H,4-8,10-11,13-14,16-18H2,1-3H3,(H2,25,31)(H2,26,28,29). The minimum atomic E-state index is -0.219. The van der Waals surface area contributed by atoms with Crippen LogP contribution in [-0.2, 0) is 11.3 Å². The van der Waals surface area contributed by atoms with Gasteiger partial charge in [0.05, 0.1) is 12.5 Å². The summed E-state index contributed by atoms with van der Waals surface area (Å²) in [5, 5.41) is 6.79. The van der Waals surface area contributed by atoms with Gasteiger partial charge in [-0.2, -0.15) is 0 Å². The molecule has 1 unspecified atom stereocenters. The zero-order valence-corrected chi connectivity index (χ0v) is 19.7. The lowest BCUT2D eigenvalue weighted by atomic mass is 9.97. The van der Waals surface area contributed by atoms with Crippen molar-refractivity contribution in [3.63, 3.8) is 0 Å². The number of nitrogens with zero attached hydrogens (tertiary/aromatic N) is 3. The highest BCUT2D eigenvalue weighted by Crippen LogP contribution is 2.25. The molecule has 4 N–H and O–H groups in total. The Morgan fingerprint density at radius 3 is 2.84 bits per heavy atom. The van der Waals surface area contributed by atoms with E-state index in [1.54, 1.807) is 6.20 Å². The quantitative estimate of drug-likeness (QED) is 0.268. The number of aliphatic imine (C=N–C) groups is 1. The van der Waals surface area contributed by atoms with E-state index in [0.717, 1.165) is 62.2 Å². The maximum Gasteiger partial charge on any atom is 0.222 e. The number of pyridine rings is 1. The van der Waals surface area contributed by atoms with Gasteiger partial charge in [0.1, 0.15) is 5.82 Å². The highest BCUT2D eigenvalue weighted by Gasteiger charge is 2.25. The van der Waals surface area contributed by atoms with Crippen molar-refractivity contribution in [3.05, 3.63) is 23.9 Å². The number of guanidine groups is 1. The molecule has 7 heteroatoms. The molecular weight excluding hydrogens is 388 g/mol. The summed E-state index contributed by atoms with van der Waals surface area (Å²) in [5.74, 6) is 2.23. The van der Waals surface area contributed by atoms with Gasteiger partial charge in [0, 0.05) is 37.9 Å². The largest absolute Gasteiger partial charge is 0.369 e. The molecule has 1 amide bonds. The summed E-state index contributed by atoms with van der Waals surface area (Å²) in [6, 6.07) is 4.01. The summed E-state index contributed by atoms with van der Waals surface area (Å²) in [6.45, 7) is 10.5. The second-order valence-corrected chi connectivity index (χ2v) is 8.89. The molecule has 1 aromatic rings. The van der Waals surface area contributed by atoms with E-state index in [1.807, 2.05) is 6.07 Å². The van der Waals surface area contributed by atoms with Gasteiger partial charge in [0.25, 0.3) is 0 Å². The average molecular weight is 431 g/mol. The molecule has 174 valence electrons. The molecule has 0 aliphatic carbocycles. The zero-order chi connectivity index (χ0) is 22.5. The Balaban J connectivity index is 1.90. The first kappa shape index (κ1) is 25.0. The van der Waals surface area contributed by atoms with Crippen LogP contribution in [0.3, 0.4) is 0 Å². The number of amides is 1. The molecule has 7 nitrogen and oxygen atoms in total. The van der Waals surface area contributed by atoms with Gasteiger partial charge in [-0.25, -0.2) is 9.98 Å². The lowest BCUT2D eigenvalue weighted by molar-refractivity contribution is -0.122. The monoisotopic (exact) mass is 430 g/mol. The molecule has 1 fully saturated rings. The van der Waals surface area contributed by atoms with E-state index >= 15 is 0 Å². The lowest BCUT2D eigenvalue weighted by Crippen LogP contribution is -2.42. The number of carbonyl (C=O) groups is 1.